The number of hydrogen-bond donors (Lipinski definition) is 2. The second-order valence-electron chi connectivity index (χ2n) is 6.62. The minimum absolute atomic E-state index is 0.0703. The minimum Gasteiger partial charge on any atom is -0.481 e. The van der Waals surface area contributed by atoms with Crippen LogP contribution in [0.2, 0.25) is 0 Å². The molecule has 0 aliphatic carbocycles. The Bertz CT molecular complexity index is 717. The van der Waals surface area contributed by atoms with E-state index in [-0.39, 0.29) is 12.8 Å². The van der Waals surface area contributed by atoms with Gasteiger partial charge in [-0.1, -0.05) is 60.7 Å². The topological polar surface area (TPSA) is 77.8 Å². The Labute approximate surface area is 153 Å². The molecule has 0 unspecified atom stereocenters. The number of rotatable bonds is 10. The summed E-state index contributed by atoms with van der Waals surface area (Å²) in [6.07, 6.45) is 0.243. The van der Waals surface area contributed by atoms with E-state index in [1.165, 1.54) is 0 Å². The van der Waals surface area contributed by atoms with Crippen molar-refractivity contribution in [3.8, 4) is 0 Å². The van der Waals surface area contributed by atoms with Crippen molar-refractivity contribution in [1.82, 2.24) is 4.90 Å². The number of aliphatic carboxylic acids is 2. The van der Waals surface area contributed by atoms with Gasteiger partial charge in [0.15, 0.2) is 0 Å². The van der Waals surface area contributed by atoms with Crippen LogP contribution in [0.3, 0.4) is 0 Å². The van der Waals surface area contributed by atoms with Crippen molar-refractivity contribution in [3.63, 3.8) is 0 Å². The summed E-state index contributed by atoms with van der Waals surface area (Å²) >= 11 is 0. The molecular formula is C21H25NO4. The molecule has 0 aliphatic rings. The van der Waals surface area contributed by atoms with Gasteiger partial charge in [0.2, 0.25) is 0 Å². The van der Waals surface area contributed by atoms with E-state index in [2.05, 4.69) is 4.90 Å². The smallest absolute Gasteiger partial charge is 0.314 e. The van der Waals surface area contributed by atoms with Crippen LogP contribution in [-0.2, 0) is 21.5 Å². The number of benzene rings is 2. The summed E-state index contributed by atoms with van der Waals surface area (Å²) in [5.74, 6) is -1.96. The summed E-state index contributed by atoms with van der Waals surface area (Å²) in [5, 5.41) is 19.1. The molecule has 0 radical (unpaired) electrons. The van der Waals surface area contributed by atoms with Crippen LogP contribution >= 0.6 is 0 Å². The van der Waals surface area contributed by atoms with E-state index in [1.54, 1.807) is 24.3 Å². The standard InChI is InChI=1S/C21H25NO4/c1-22(16-17-8-4-2-5-9-17)15-14-21(20(25)26,13-12-19(23)24)18-10-6-3-7-11-18/h2-11H,12-16H2,1H3,(H,23,24)(H,25,26)/t21-/m1/s1. The highest BCUT2D eigenvalue weighted by Gasteiger charge is 2.40. The Balaban J connectivity index is 2.17. The maximum absolute atomic E-state index is 12.2. The number of carboxylic acid groups (broad SMARTS) is 2. The molecule has 0 spiro atoms. The lowest BCUT2D eigenvalue weighted by molar-refractivity contribution is -0.145. The highest BCUT2D eigenvalue weighted by Crippen LogP contribution is 2.34. The molecule has 0 heterocycles. The van der Waals surface area contributed by atoms with Crippen LogP contribution < -0.4 is 0 Å². The molecule has 0 aliphatic heterocycles. The third kappa shape index (κ3) is 5.17. The van der Waals surface area contributed by atoms with E-state index < -0.39 is 17.4 Å². The molecule has 5 heteroatoms. The number of carbonyl (C=O) groups is 2. The molecule has 0 bridgehead atoms. The Morgan fingerprint density at radius 1 is 0.923 bits per heavy atom. The molecule has 0 saturated heterocycles. The van der Waals surface area contributed by atoms with Crippen LogP contribution in [0.15, 0.2) is 60.7 Å². The molecule has 0 saturated carbocycles. The van der Waals surface area contributed by atoms with Crippen LogP contribution in [0, 0.1) is 0 Å². The molecule has 0 amide bonds. The second-order valence-corrected chi connectivity index (χ2v) is 6.62. The lowest BCUT2D eigenvalue weighted by Crippen LogP contribution is -2.39. The monoisotopic (exact) mass is 355 g/mol. The summed E-state index contributed by atoms with van der Waals surface area (Å²) in [6.45, 7) is 1.26. The highest BCUT2D eigenvalue weighted by atomic mass is 16.4. The normalized spacial score (nSPS) is 13.3. The third-order valence-corrected chi connectivity index (χ3v) is 4.72. The third-order valence-electron chi connectivity index (χ3n) is 4.72. The Hall–Kier alpha value is -2.66. The fourth-order valence-corrected chi connectivity index (χ4v) is 3.18. The van der Waals surface area contributed by atoms with Gasteiger partial charge in [-0.25, -0.2) is 0 Å². The van der Waals surface area contributed by atoms with E-state index in [9.17, 15) is 14.7 Å². The SMILES string of the molecule is CN(CC[C@@](CCC(=O)O)(C(=O)O)c1ccccc1)Cc1ccccc1. The zero-order valence-corrected chi connectivity index (χ0v) is 15.0. The van der Waals surface area contributed by atoms with Gasteiger partial charge in [0.1, 0.15) is 0 Å². The Morgan fingerprint density at radius 3 is 2.04 bits per heavy atom. The van der Waals surface area contributed by atoms with Crippen LogP contribution in [0.25, 0.3) is 0 Å². The van der Waals surface area contributed by atoms with Gasteiger partial charge in [0.05, 0.1) is 5.41 Å². The van der Waals surface area contributed by atoms with Crippen molar-refractivity contribution in [3.05, 3.63) is 71.8 Å². The first-order valence-electron chi connectivity index (χ1n) is 8.67. The average Bonchev–Trinajstić information content (AvgIpc) is 2.63. The van der Waals surface area contributed by atoms with Crippen LogP contribution in [0.1, 0.15) is 30.4 Å². The van der Waals surface area contributed by atoms with Gasteiger partial charge in [-0.2, -0.15) is 0 Å². The molecule has 0 fully saturated rings. The predicted octanol–water partition coefficient (Wildman–Crippen LogP) is 3.40. The first-order chi connectivity index (χ1) is 12.4. The van der Waals surface area contributed by atoms with E-state index in [0.717, 1.165) is 5.56 Å². The average molecular weight is 355 g/mol. The molecule has 138 valence electrons. The Kier molecular flexibility index (Phi) is 6.92. The van der Waals surface area contributed by atoms with Gasteiger partial charge >= 0.3 is 11.9 Å². The van der Waals surface area contributed by atoms with Crippen molar-refractivity contribution in [2.75, 3.05) is 13.6 Å². The van der Waals surface area contributed by atoms with Crippen molar-refractivity contribution < 1.29 is 19.8 Å². The molecule has 2 aromatic rings. The summed E-state index contributed by atoms with van der Waals surface area (Å²) in [4.78, 5) is 25.3. The summed E-state index contributed by atoms with van der Waals surface area (Å²) in [5.41, 5.74) is 0.605. The quantitative estimate of drug-likeness (QED) is 0.683. The zero-order chi connectivity index (χ0) is 19.0. The van der Waals surface area contributed by atoms with E-state index in [4.69, 9.17) is 5.11 Å². The fourth-order valence-electron chi connectivity index (χ4n) is 3.18. The van der Waals surface area contributed by atoms with Gasteiger partial charge in [0, 0.05) is 13.0 Å². The van der Waals surface area contributed by atoms with Gasteiger partial charge in [-0.15, -0.1) is 0 Å². The molecular weight excluding hydrogens is 330 g/mol. The van der Waals surface area contributed by atoms with Crippen molar-refractivity contribution in [2.24, 2.45) is 0 Å². The first kappa shape index (κ1) is 19.7. The fraction of sp³-hybridized carbons (Fsp3) is 0.333. The maximum atomic E-state index is 12.2. The summed E-state index contributed by atoms with van der Waals surface area (Å²) in [6, 6.07) is 18.9. The lowest BCUT2D eigenvalue weighted by atomic mass is 9.74. The summed E-state index contributed by atoms with van der Waals surface area (Å²) in [7, 11) is 1.95. The van der Waals surface area contributed by atoms with Gasteiger partial charge in [-0.3, -0.25) is 9.59 Å². The number of hydrogen-bond acceptors (Lipinski definition) is 3. The second kappa shape index (κ2) is 9.15. The molecule has 2 N–H and O–H groups in total. The number of carboxylic acids is 2. The summed E-state index contributed by atoms with van der Waals surface area (Å²) < 4.78 is 0. The molecule has 26 heavy (non-hydrogen) atoms. The van der Waals surface area contributed by atoms with Crippen LogP contribution in [-0.4, -0.2) is 40.6 Å². The maximum Gasteiger partial charge on any atom is 0.314 e. The van der Waals surface area contributed by atoms with Crippen molar-refractivity contribution in [1.29, 1.82) is 0 Å². The molecule has 5 nitrogen and oxygen atoms in total. The van der Waals surface area contributed by atoms with E-state index >= 15 is 0 Å². The molecule has 2 rings (SSSR count). The first-order valence-corrected chi connectivity index (χ1v) is 8.67. The van der Waals surface area contributed by atoms with Crippen molar-refractivity contribution in [2.45, 2.75) is 31.2 Å². The lowest BCUT2D eigenvalue weighted by Gasteiger charge is -2.31. The Morgan fingerprint density at radius 2 is 1.50 bits per heavy atom. The molecule has 2 aromatic carbocycles. The zero-order valence-electron chi connectivity index (χ0n) is 15.0. The predicted molar refractivity (Wildman–Crippen MR) is 100 cm³/mol. The molecule has 0 aromatic heterocycles. The van der Waals surface area contributed by atoms with Gasteiger partial charge in [0.25, 0.3) is 0 Å². The van der Waals surface area contributed by atoms with E-state index in [1.807, 2.05) is 43.4 Å². The highest BCUT2D eigenvalue weighted by molar-refractivity contribution is 5.82. The van der Waals surface area contributed by atoms with E-state index in [0.29, 0.717) is 25.1 Å². The number of nitrogens with zero attached hydrogens (tertiary/aromatic N) is 1. The van der Waals surface area contributed by atoms with Gasteiger partial charge in [-0.05, 0) is 37.6 Å². The molecule has 1 atom stereocenters. The van der Waals surface area contributed by atoms with Crippen LogP contribution in [0.4, 0.5) is 0 Å². The van der Waals surface area contributed by atoms with Gasteiger partial charge < -0.3 is 15.1 Å². The van der Waals surface area contributed by atoms with Crippen LogP contribution in [0.5, 0.6) is 0 Å². The minimum atomic E-state index is -1.20. The largest absolute Gasteiger partial charge is 0.481 e. The van der Waals surface area contributed by atoms with Crippen molar-refractivity contribution >= 4 is 11.9 Å².